The van der Waals surface area contributed by atoms with E-state index in [4.69, 9.17) is 9.47 Å². The van der Waals surface area contributed by atoms with E-state index >= 15 is 0 Å². The summed E-state index contributed by atoms with van der Waals surface area (Å²) in [6.07, 6.45) is -4.86. The predicted molar refractivity (Wildman–Crippen MR) is 120 cm³/mol. The number of aliphatic hydroxyl groups excluding tert-OH is 4. The molecule has 1 saturated heterocycles. The molecule has 3 fully saturated rings. The highest BCUT2D eigenvalue weighted by Crippen LogP contribution is 2.71. The van der Waals surface area contributed by atoms with Crippen LogP contribution in [0.25, 0.3) is 0 Å². The largest absolute Gasteiger partial charge is 0.481 e. The van der Waals surface area contributed by atoms with Crippen LogP contribution in [-0.2, 0) is 19.1 Å². The first-order valence-corrected chi connectivity index (χ1v) is 12.1. The highest BCUT2D eigenvalue weighted by atomic mass is 16.7. The third kappa shape index (κ3) is 3.17. The van der Waals surface area contributed by atoms with E-state index in [2.05, 4.69) is 6.58 Å². The fraction of sp³-hybridized carbons (Fsp3) is 0.680. The monoisotopic (exact) mass is 508 g/mol. The van der Waals surface area contributed by atoms with Crippen LogP contribution in [0.3, 0.4) is 0 Å². The van der Waals surface area contributed by atoms with Crippen LogP contribution in [0.5, 0.6) is 0 Å². The van der Waals surface area contributed by atoms with Crippen LogP contribution in [0, 0.1) is 22.7 Å². The van der Waals surface area contributed by atoms with E-state index in [9.17, 15) is 45.3 Å². The van der Waals surface area contributed by atoms with E-state index in [1.165, 1.54) is 13.0 Å². The SMILES string of the molecule is C=C1C[C@]23C[C@@]1(O)CCC2=C1C=C[C@H](O[C@@H]2O[C@H](CO)[C@@H](O)[C@H](O)[C@H]2O)[C@@](C)(C(=O)O)[C@H]1[C@@H]3C(=O)O. The van der Waals surface area contributed by atoms with Gasteiger partial charge >= 0.3 is 11.9 Å². The molecule has 7 N–H and O–H groups in total. The summed E-state index contributed by atoms with van der Waals surface area (Å²) in [6, 6.07) is 0. The lowest BCUT2D eigenvalue weighted by atomic mass is 9.59. The molecule has 11 heteroatoms. The third-order valence-corrected chi connectivity index (χ3v) is 9.34. The number of rotatable bonds is 5. The predicted octanol–water partition coefficient (Wildman–Crippen LogP) is -0.679. The van der Waals surface area contributed by atoms with Crippen molar-refractivity contribution in [2.45, 2.75) is 75.0 Å². The average Bonchev–Trinajstić information content (AvgIpc) is 3.21. The topological polar surface area (TPSA) is 194 Å². The lowest BCUT2D eigenvalue weighted by Gasteiger charge is -2.47. The van der Waals surface area contributed by atoms with Gasteiger partial charge in [0.15, 0.2) is 6.29 Å². The second kappa shape index (κ2) is 8.19. The van der Waals surface area contributed by atoms with Crippen molar-refractivity contribution in [2.24, 2.45) is 22.7 Å². The molecule has 2 saturated carbocycles. The van der Waals surface area contributed by atoms with E-state index in [1.807, 2.05) is 0 Å². The van der Waals surface area contributed by atoms with Gasteiger partial charge in [-0.2, -0.15) is 0 Å². The standard InChI is InChI=1S/C25H32O11/c1-10-7-24-9-25(10,34)6-5-12(24)11-3-4-14(23(2,22(32)33)15(11)16(24)20(30)31)36-21-19(29)18(28)17(27)13(8-26)35-21/h3-4,13-19,21,26-29,34H,1,5-9H2,2H3,(H,30,31)(H,32,33)/t13-,14+,15-,16-,17-,18+,19-,21+,23-,24+,25+/m1/s1. The number of hydrogen-bond donors (Lipinski definition) is 7. The Morgan fingerprint density at radius 2 is 1.89 bits per heavy atom. The lowest BCUT2D eigenvalue weighted by Crippen LogP contribution is -2.61. The molecule has 198 valence electrons. The number of aliphatic hydroxyl groups is 5. The zero-order chi connectivity index (χ0) is 26.4. The number of fused-ring (bicyclic) bond motifs is 2. The van der Waals surface area contributed by atoms with Crippen molar-refractivity contribution in [3.8, 4) is 0 Å². The summed E-state index contributed by atoms with van der Waals surface area (Å²) in [6.45, 7) is 4.71. The molecule has 0 aromatic heterocycles. The number of carbonyl (C=O) groups is 2. The van der Waals surface area contributed by atoms with Gasteiger partial charge < -0.3 is 45.2 Å². The Kier molecular flexibility index (Phi) is 5.81. The van der Waals surface area contributed by atoms with Crippen molar-refractivity contribution >= 4 is 11.9 Å². The maximum atomic E-state index is 12.9. The minimum Gasteiger partial charge on any atom is -0.481 e. The van der Waals surface area contributed by atoms with Gasteiger partial charge in [0.1, 0.15) is 29.8 Å². The van der Waals surface area contributed by atoms with Crippen LogP contribution < -0.4 is 0 Å². The molecule has 0 unspecified atom stereocenters. The quantitative estimate of drug-likeness (QED) is 0.233. The van der Waals surface area contributed by atoms with Crippen LogP contribution in [0.15, 0.2) is 35.5 Å². The van der Waals surface area contributed by atoms with Gasteiger partial charge in [0, 0.05) is 11.3 Å². The van der Waals surface area contributed by atoms with E-state index in [0.717, 1.165) is 5.57 Å². The molecule has 36 heavy (non-hydrogen) atoms. The van der Waals surface area contributed by atoms with Gasteiger partial charge in [0.05, 0.1) is 24.2 Å². The molecule has 0 amide bonds. The van der Waals surface area contributed by atoms with Crippen LogP contribution in [0.4, 0.5) is 0 Å². The minimum absolute atomic E-state index is 0.160. The maximum Gasteiger partial charge on any atom is 0.313 e. The first-order valence-electron chi connectivity index (χ1n) is 12.1. The third-order valence-electron chi connectivity index (χ3n) is 9.34. The van der Waals surface area contributed by atoms with Gasteiger partial charge in [-0.25, -0.2) is 0 Å². The highest BCUT2D eigenvalue weighted by Gasteiger charge is 2.70. The summed E-state index contributed by atoms with van der Waals surface area (Å²) < 4.78 is 11.3. The summed E-state index contributed by atoms with van der Waals surface area (Å²) in [5.74, 6) is -4.69. The van der Waals surface area contributed by atoms with E-state index in [0.29, 0.717) is 24.0 Å². The van der Waals surface area contributed by atoms with Crippen LogP contribution in [0.1, 0.15) is 32.6 Å². The van der Waals surface area contributed by atoms with Crippen molar-refractivity contribution in [2.75, 3.05) is 6.61 Å². The second-order valence-corrected chi connectivity index (χ2v) is 11.1. The van der Waals surface area contributed by atoms with Gasteiger partial charge in [-0.05, 0) is 43.8 Å². The fourth-order valence-electron chi connectivity index (χ4n) is 7.43. The zero-order valence-electron chi connectivity index (χ0n) is 19.8. The summed E-state index contributed by atoms with van der Waals surface area (Å²) in [7, 11) is 0. The molecule has 5 aliphatic rings. The van der Waals surface area contributed by atoms with Gasteiger partial charge in [0.2, 0.25) is 0 Å². The number of carboxylic acid groups (broad SMARTS) is 2. The lowest BCUT2D eigenvalue weighted by molar-refractivity contribution is -0.315. The Bertz CT molecular complexity index is 1060. The molecule has 1 spiro atoms. The molecule has 0 radical (unpaired) electrons. The Labute approximate surface area is 207 Å². The van der Waals surface area contributed by atoms with Crippen molar-refractivity contribution in [1.29, 1.82) is 0 Å². The Hall–Kier alpha value is -2.12. The number of hydrogen-bond acceptors (Lipinski definition) is 9. The van der Waals surface area contributed by atoms with Crippen molar-refractivity contribution in [3.63, 3.8) is 0 Å². The molecule has 0 aromatic rings. The Morgan fingerprint density at radius 1 is 1.19 bits per heavy atom. The highest BCUT2D eigenvalue weighted by molar-refractivity contribution is 5.83. The van der Waals surface area contributed by atoms with Gasteiger partial charge in [-0.15, -0.1) is 0 Å². The molecule has 1 aliphatic heterocycles. The molecule has 4 aliphatic carbocycles. The van der Waals surface area contributed by atoms with Crippen LogP contribution in [-0.4, -0.2) is 96.7 Å². The molecule has 11 nitrogen and oxygen atoms in total. The van der Waals surface area contributed by atoms with Crippen molar-refractivity contribution in [1.82, 2.24) is 0 Å². The normalized spacial score (nSPS) is 49.7. The van der Waals surface area contributed by atoms with E-state index < -0.39 is 83.6 Å². The van der Waals surface area contributed by atoms with E-state index in [1.54, 1.807) is 6.08 Å². The maximum absolute atomic E-state index is 12.9. The molecular weight excluding hydrogens is 476 g/mol. The first kappa shape index (κ1) is 25.5. The summed E-state index contributed by atoms with van der Waals surface area (Å²) in [4.78, 5) is 25.6. The molecule has 1 heterocycles. The molecular formula is C25H32O11. The van der Waals surface area contributed by atoms with Crippen LogP contribution >= 0.6 is 0 Å². The van der Waals surface area contributed by atoms with Crippen molar-refractivity contribution < 1.29 is 54.8 Å². The zero-order valence-corrected chi connectivity index (χ0v) is 19.8. The summed E-state index contributed by atoms with van der Waals surface area (Å²) in [5.41, 5.74) is -1.99. The van der Waals surface area contributed by atoms with Crippen LogP contribution in [0.2, 0.25) is 0 Å². The summed E-state index contributed by atoms with van der Waals surface area (Å²) in [5, 5.41) is 72.1. The van der Waals surface area contributed by atoms with Gasteiger partial charge in [-0.3, -0.25) is 9.59 Å². The Morgan fingerprint density at radius 3 is 2.50 bits per heavy atom. The second-order valence-electron chi connectivity index (χ2n) is 11.1. The van der Waals surface area contributed by atoms with Gasteiger partial charge in [-0.1, -0.05) is 24.3 Å². The molecule has 5 rings (SSSR count). The fourth-order valence-corrected chi connectivity index (χ4v) is 7.43. The van der Waals surface area contributed by atoms with E-state index in [-0.39, 0.29) is 12.8 Å². The molecule has 2 bridgehead atoms. The van der Waals surface area contributed by atoms with Gasteiger partial charge in [0.25, 0.3) is 0 Å². The minimum atomic E-state index is -1.83. The van der Waals surface area contributed by atoms with Crippen molar-refractivity contribution in [3.05, 3.63) is 35.5 Å². The number of allylic oxidation sites excluding steroid dienone is 3. The Balaban J connectivity index is 1.56. The number of carboxylic acids is 2. The smallest absolute Gasteiger partial charge is 0.313 e. The number of aliphatic carboxylic acids is 2. The number of ether oxygens (including phenoxy) is 2. The molecule has 11 atom stereocenters. The molecule has 0 aromatic carbocycles. The average molecular weight is 509 g/mol. The summed E-state index contributed by atoms with van der Waals surface area (Å²) >= 11 is 0. The first-order chi connectivity index (χ1) is 16.8.